The third kappa shape index (κ3) is 5.07. The molecule has 1 aliphatic heterocycles. The minimum Gasteiger partial charge on any atom is -0.489 e. The molecule has 1 amide bonds. The summed E-state index contributed by atoms with van der Waals surface area (Å²) in [5, 5.41) is 12.8. The molecule has 3 rings (SSSR count). The Hall–Kier alpha value is -3.03. The van der Waals surface area contributed by atoms with Crippen LogP contribution in [0.15, 0.2) is 59.8 Å². The van der Waals surface area contributed by atoms with Crippen LogP contribution in [0.2, 0.25) is 5.02 Å². The molecule has 2 aromatic rings. The van der Waals surface area contributed by atoms with Crippen LogP contribution in [0.4, 0.5) is 5.69 Å². The summed E-state index contributed by atoms with van der Waals surface area (Å²) < 4.78 is 10.5. The van der Waals surface area contributed by atoms with Crippen LogP contribution >= 0.6 is 11.6 Å². The molecule has 8 heteroatoms. The zero-order chi connectivity index (χ0) is 20.8. The molecule has 0 unspecified atom stereocenters. The van der Waals surface area contributed by atoms with E-state index in [1.54, 1.807) is 36.4 Å². The number of aliphatic hydroxyl groups is 1. The van der Waals surface area contributed by atoms with Crippen molar-refractivity contribution in [3.8, 4) is 5.75 Å². The lowest BCUT2D eigenvalue weighted by Gasteiger charge is -2.15. The highest BCUT2D eigenvalue weighted by Crippen LogP contribution is 2.24. The molecule has 2 aromatic carbocycles. The molecule has 0 aliphatic carbocycles. The third-order valence-electron chi connectivity index (χ3n) is 4.40. The molecular weight excluding hydrogens is 396 g/mol. The number of β-amino-alcohol motifs (C(OH)–C–C–N with tert-alkyl or cyclic N) is 1. The standard InChI is InChI=1S/C21H21ClN2O5/c1-28-21(27)18-12-24(10-11-25)20(26)19(18)23-16-6-8-17(9-7-16)29-13-14-2-4-15(22)5-3-14/h2-9,23,25H,10-13H2,1H3. The largest absolute Gasteiger partial charge is 0.489 e. The summed E-state index contributed by atoms with van der Waals surface area (Å²) in [7, 11) is 1.26. The Morgan fingerprint density at radius 3 is 2.48 bits per heavy atom. The second kappa shape index (κ2) is 9.45. The van der Waals surface area contributed by atoms with E-state index in [1.807, 2.05) is 12.1 Å². The number of halogens is 1. The quantitative estimate of drug-likeness (QED) is 0.643. The fraction of sp³-hybridized carbons (Fsp3) is 0.238. The first-order chi connectivity index (χ1) is 14.0. The van der Waals surface area contributed by atoms with Gasteiger partial charge in [0.1, 0.15) is 18.1 Å². The number of ether oxygens (including phenoxy) is 2. The first-order valence-electron chi connectivity index (χ1n) is 8.97. The average molecular weight is 417 g/mol. The number of nitrogens with zero attached hydrogens (tertiary/aromatic N) is 1. The van der Waals surface area contributed by atoms with E-state index in [9.17, 15) is 9.59 Å². The SMILES string of the molecule is COC(=O)C1=C(Nc2ccc(OCc3ccc(Cl)cc3)cc2)C(=O)N(CCO)C1. The fourth-order valence-electron chi connectivity index (χ4n) is 2.88. The number of esters is 1. The average Bonchev–Trinajstić information content (AvgIpc) is 3.04. The summed E-state index contributed by atoms with van der Waals surface area (Å²) in [6, 6.07) is 14.4. The lowest BCUT2D eigenvalue weighted by Crippen LogP contribution is -2.31. The maximum atomic E-state index is 12.5. The molecular formula is C21H21ClN2O5. The van der Waals surface area contributed by atoms with Crippen LogP contribution in [-0.4, -0.2) is 48.7 Å². The first-order valence-corrected chi connectivity index (χ1v) is 9.35. The molecule has 0 saturated heterocycles. The Kier molecular flexibility index (Phi) is 6.74. The Bertz CT molecular complexity index is 910. The highest BCUT2D eigenvalue weighted by atomic mass is 35.5. The monoisotopic (exact) mass is 416 g/mol. The number of rotatable bonds is 8. The van der Waals surface area contributed by atoms with Gasteiger partial charge in [0.15, 0.2) is 0 Å². The highest BCUT2D eigenvalue weighted by Gasteiger charge is 2.34. The summed E-state index contributed by atoms with van der Waals surface area (Å²) in [5.74, 6) is -0.279. The van der Waals surface area contributed by atoms with Crippen LogP contribution in [0.25, 0.3) is 0 Å². The van der Waals surface area contributed by atoms with Crippen molar-refractivity contribution in [2.75, 3.05) is 32.1 Å². The number of anilines is 1. The maximum absolute atomic E-state index is 12.5. The van der Waals surface area contributed by atoms with Crippen LogP contribution < -0.4 is 10.1 Å². The number of hydrogen-bond donors (Lipinski definition) is 2. The third-order valence-corrected chi connectivity index (χ3v) is 4.65. The predicted octanol–water partition coefficient (Wildman–Crippen LogP) is 2.59. The van der Waals surface area contributed by atoms with Crippen molar-refractivity contribution in [1.29, 1.82) is 0 Å². The number of methoxy groups -OCH3 is 1. The van der Waals surface area contributed by atoms with Crippen molar-refractivity contribution in [3.05, 3.63) is 70.4 Å². The molecule has 0 fully saturated rings. The summed E-state index contributed by atoms with van der Waals surface area (Å²) in [6.45, 7) is 0.446. The van der Waals surface area contributed by atoms with E-state index in [1.165, 1.54) is 12.0 Å². The topological polar surface area (TPSA) is 88.1 Å². The maximum Gasteiger partial charge on any atom is 0.337 e. The van der Waals surface area contributed by atoms with Gasteiger partial charge in [-0.05, 0) is 42.0 Å². The van der Waals surface area contributed by atoms with Gasteiger partial charge in [-0.25, -0.2) is 4.79 Å². The van der Waals surface area contributed by atoms with Crippen LogP contribution in [0.5, 0.6) is 5.75 Å². The molecule has 0 saturated carbocycles. The van der Waals surface area contributed by atoms with Gasteiger partial charge in [0, 0.05) is 17.3 Å². The highest BCUT2D eigenvalue weighted by molar-refractivity contribution is 6.30. The van der Waals surface area contributed by atoms with Gasteiger partial charge in [0.2, 0.25) is 0 Å². The number of carbonyl (C=O) groups excluding carboxylic acids is 2. The van der Waals surface area contributed by atoms with Gasteiger partial charge in [-0.3, -0.25) is 4.79 Å². The second-order valence-electron chi connectivity index (χ2n) is 6.36. The predicted molar refractivity (Wildman–Crippen MR) is 109 cm³/mol. The molecule has 0 spiro atoms. The van der Waals surface area contributed by atoms with Crippen molar-refractivity contribution in [1.82, 2.24) is 4.90 Å². The van der Waals surface area contributed by atoms with Crippen molar-refractivity contribution in [2.45, 2.75) is 6.61 Å². The van der Waals surface area contributed by atoms with E-state index in [0.29, 0.717) is 23.1 Å². The molecule has 0 bridgehead atoms. The molecule has 29 heavy (non-hydrogen) atoms. The van der Waals surface area contributed by atoms with Crippen LogP contribution in [0.3, 0.4) is 0 Å². The summed E-state index contributed by atoms with van der Waals surface area (Å²) >= 11 is 5.87. The van der Waals surface area contributed by atoms with Gasteiger partial charge in [-0.1, -0.05) is 23.7 Å². The lowest BCUT2D eigenvalue weighted by atomic mass is 10.2. The van der Waals surface area contributed by atoms with E-state index in [2.05, 4.69) is 5.32 Å². The smallest absolute Gasteiger partial charge is 0.337 e. The zero-order valence-corrected chi connectivity index (χ0v) is 16.6. The number of amides is 1. The van der Waals surface area contributed by atoms with E-state index >= 15 is 0 Å². The van der Waals surface area contributed by atoms with E-state index in [4.69, 9.17) is 26.2 Å². The molecule has 1 heterocycles. The van der Waals surface area contributed by atoms with Gasteiger partial charge in [-0.2, -0.15) is 0 Å². The Morgan fingerprint density at radius 1 is 1.17 bits per heavy atom. The second-order valence-corrected chi connectivity index (χ2v) is 6.80. The van der Waals surface area contributed by atoms with Crippen LogP contribution in [-0.2, 0) is 20.9 Å². The number of carbonyl (C=O) groups is 2. The van der Waals surface area contributed by atoms with Gasteiger partial charge in [0.05, 0.1) is 25.8 Å². The van der Waals surface area contributed by atoms with Gasteiger partial charge >= 0.3 is 5.97 Å². The number of hydrogen-bond acceptors (Lipinski definition) is 6. The molecule has 7 nitrogen and oxygen atoms in total. The zero-order valence-electron chi connectivity index (χ0n) is 15.9. The molecule has 152 valence electrons. The van der Waals surface area contributed by atoms with Crippen molar-refractivity contribution in [3.63, 3.8) is 0 Å². The lowest BCUT2D eigenvalue weighted by molar-refractivity contribution is -0.136. The number of aliphatic hydroxyl groups excluding tert-OH is 1. The van der Waals surface area contributed by atoms with Crippen molar-refractivity contribution in [2.24, 2.45) is 0 Å². The van der Waals surface area contributed by atoms with Crippen molar-refractivity contribution >= 4 is 29.2 Å². The normalized spacial score (nSPS) is 13.6. The fourth-order valence-corrected chi connectivity index (χ4v) is 3.00. The van der Waals surface area contributed by atoms with E-state index in [-0.39, 0.29) is 36.9 Å². The van der Waals surface area contributed by atoms with Crippen molar-refractivity contribution < 1.29 is 24.2 Å². The summed E-state index contributed by atoms with van der Waals surface area (Å²) in [5.41, 5.74) is 2.00. The minimum atomic E-state index is -0.579. The Morgan fingerprint density at radius 2 is 1.86 bits per heavy atom. The van der Waals surface area contributed by atoms with Gasteiger partial charge in [-0.15, -0.1) is 0 Å². The van der Waals surface area contributed by atoms with Crippen LogP contribution in [0, 0.1) is 0 Å². The summed E-state index contributed by atoms with van der Waals surface area (Å²) in [4.78, 5) is 25.9. The first kappa shape index (κ1) is 20.7. The van der Waals surface area contributed by atoms with E-state index in [0.717, 1.165) is 5.56 Å². The molecule has 1 aliphatic rings. The molecule has 2 N–H and O–H groups in total. The number of nitrogens with one attached hydrogen (secondary N) is 1. The van der Waals surface area contributed by atoms with E-state index < -0.39 is 5.97 Å². The molecule has 0 aromatic heterocycles. The van der Waals surface area contributed by atoms with Gasteiger partial charge < -0.3 is 24.8 Å². The minimum absolute atomic E-state index is 0.0939. The Labute approximate surface area is 173 Å². The molecule has 0 atom stereocenters. The Balaban J connectivity index is 1.67. The molecule has 0 radical (unpaired) electrons. The summed E-state index contributed by atoms with van der Waals surface area (Å²) in [6.07, 6.45) is 0. The van der Waals surface area contributed by atoms with Gasteiger partial charge in [0.25, 0.3) is 5.91 Å². The van der Waals surface area contributed by atoms with Crippen LogP contribution in [0.1, 0.15) is 5.56 Å². The number of benzene rings is 2.